The number of thiazole rings is 1. The number of methoxy groups -OCH3 is 1. The predicted molar refractivity (Wildman–Crippen MR) is 110 cm³/mol. The normalized spacial score (nSPS) is 10.8. The number of aryl methyl sites for hydroxylation is 1. The fourth-order valence-corrected chi connectivity index (χ4v) is 3.71. The number of aromatic nitrogens is 3. The maximum absolute atomic E-state index is 12.8. The van der Waals surface area contributed by atoms with Crippen molar-refractivity contribution in [2.45, 2.75) is 0 Å². The number of pyridine rings is 1. The molecule has 0 saturated heterocycles. The summed E-state index contributed by atoms with van der Waals surface area (Å²) in [6.07, 6.45) is 1.64. The number of carbonyl (C=O) groups is 2. The summed E-state index contributed by atoms with van der Waals surface area (Å²) < 4.78 is 6.17. The molecular formula is C20H16N4O4S. The summed E-state index contributed by atoms with van der Waals surface area (Å²) >= 11 is 1.25. The molecule has 2 N–H and O–H groups in total. The highest BCUT2D eigenvalue weighted by molar-refractivity contribution is 7.14. The van der Waals surface area contributed by atoms with Gasteiger partial charge in [0.15, 0.2) is 5.13 Å². The molecule has 29 heavy (non-hydrogen) atoms. The third kappa shape index (κ3) is 3.43. The van der Waals surface area contributed by atoms with Crippen molar-refractivity contribution in [1.29, 1.82) is 0 Å². The molecule has 8 nitrogen and oxygen atoms in total. The first-order valence-corrected chi connectivity index (χ1v) is 9.48. The van der Waals surface area contributed by atoms with Crippen molar-refractivity contribution in [3.05, 3.63) is 69.6 Å². The van der Waals surface area contributed by atoms with Crippen molar-refractivity contribution < 1.29 is 14.3 Å². The van der Waals surface area contributed by atoms with Crippen LogP contribution in [-0.2, 0) is 11.8 Å². The number of ether oxygens (including phenoxy) is 1. The zero-order valence-electron chi connectivity index (χ0n) is 15.6. The van der Waals surface area contributed by atoms with Crippen molar-refractivity contribution in [3.63, 3.8) is 0 Å². The number of esters is 1. The summed E-state index contributed by atoms with van der Waals surface area (Å²) in [5.74, 6) is -0.887. The van der Waals surface area contributed by atoms with E-state index in [2.05, 4.69) is 20.0 Å². The Morgan fingerprint density at radius 1 is 1.24 bits per heavy atom. The van der Waals surface area contributed by atoms with E-state index in [0.717, 1.165) is 0 Å². The first kappa shape index (κ1) is 18.6. The minimum Gasteiger partial charge on any atom is -0.464 e. The Morgan fingerprint density at radius 2 is 2.03 bits per heavy atom. The van der Waals surface area contributed by atoms with Gasteiger partial charge in [0.25, 0.3) is 11.5 Å². The number of aromatic amines is 1. The number of para-hydroxylation sites is 1. The number of rotatable bonds is 4. The van der Waals surface area contributed by atoms with Crippen LogP contribution in [0.3, 0.4) is 0 Å². The number of carbonyl (C=O) groups excluding carboxylic acids is 2. The lowest BCUT2D eigenvalue weighted by molar-refractivity contribution is 0.0594. The highest BCUT2D eigenvalue weighted by Gasteiger charge is 2.16. The molecule has 0 radical (unpaired) electrons. The molecule has 0 fully saturated rings. The average Bonchev–Trinajstić information content (AvgIpc) is 3.39. The molecule has 0 aliphatic heterocycles. The molecule has 146 valence electrons. The Hall–Kier alpha value is -3.72. The van der Waals surface area contributed by atoms with Crippen LogP contribution in [0.15, 0.2) is 52.8 Å². The van der Waals surface area contributed by atoms with E-state index in [9.17, 15) is 14.4 Å². The lowest BCUT2D eigenvalue weighted by atomic mass is 10.1. The second-order valence-electron chi connectivity index (χ2n) is 6.26. The van der Waals surface area contributed by atoms with Gasteiger partial charge >= 0.3 is 5.97 Å². The molecule has 0 saturated carbocycles. The van der Waals surface area contributed by atoms with E-state index in [1.807, 2.05) is 12.1 Å². The Morgan fingerprint density at radius 3 is 2.83 bits per heavy atom. The van der Waals surface area contributed by atoms with Crippen LogP contribution in [0, 0.1) is 0 Å². The highest BCUT2D eigenvalue weighted by Crippen LogP contribution is 2.26. The van der Waals surface area contributed by atoms with Crippen LogP contribution in [0.1, 0.15) is 20.8 Å². The molecule has 4 aromatic rings. The summed E-state index contributed by atoms with van der Waals surface area (Å²) in [5, 5.41) is 5.58. The van der Waals surface area contributed by atoms with Gasteiger partial charge in [-0.05, 0) is 12.1 Å². The molecule has 0 aliphatic carbocycles. The fourth-order valence-electron chi connectivity index (χ4n) is 3.00. The monoisotopic (exact) mass is 408 g/mol. The van der Waals surface area contributed by atoms with Gasteiger partial charge in [0.05, 0.1) is 23.9 Å². The number of benzene rings is 1. The lowest BCUT2D eigenvalue weighted by Gasteiger charge is -2.09. The zero-order valence-corrected chi connectivity index (χ0v) is 16.4. The van der Waals surface area contributed by atoms with E-state index in [4.69, 9.17) is 0 Å². The van der Waals surface area contributed by atoms with E-state index in [0.29, 0.717) is 33.0 Å². The summed E-state index contributed by atoms with van der Waals surface area (Å²) in [5.41, 5.74) is 2.30. The van der Waals surface area contributed by atoms with Crippen LogP contribution in [-0.4, -0.2) is 33.5 Å². The summed E-state index contributed by atoms with van der Waals surface area (Å²) in [4.78, 5) is 43.8. The molecule has 0 unspecified atom stereocenters. The fraction of sp³-hybridized carbons (Fsp3) is 0.100. The second-order valence-corrected chi connectivity index (χ2v) is 7.12. The largest absolute Gasteiger partial charge is 0.464 e. The van der Waals surface area contributed by atoms with Crippen molar-refractivity contribution in [1.82, 2.24) is 14.5 Å². The molecule has 9 heteroatoms. The van der Waals surface area contributed by atoms with Crippen LogP contribution in [0.25, 0.3) is 22.2 Å². The van der Waals surface area contributed by atoms with Crippen molar-refractivity contribution in [3.8, 4) is 11.3 Å². The van der Waals surface area contributed by atoms with Crippen LogP contribution in [0.4, 0.5) is 5.13 Å². The minimum atomic E-state index is -0.474. The molecular weight excluding hydrogens is 392 g/mol. The van der Waals surface area contributed by atoms with Crippen molar-refractivity contribution in [2.75, 3.05) is 12.4 Å². The van der Waals surface area contributed by atoms with Crippen molar-refractivity contribution >= 4 is 39.2 Å². The number of H-pyrrole nitrogens is 1. The van der Waals surface area contributed by atoms with Gasteiger partial charge in [-0.15, -0.1) is 11.3 Å². The SMILES string of the molecule is COC(=O)c1cc(-c2csc(NC(=O)c3cc(=O)n(C)c4ccccc34)n2)c[nH]1. The predicted octanol–water partition coefficient (Wildman–Crippen LogP) is 3.03. The third-order valence-corrected chi connectivity index (χ3v) is 5.27. The van der Waals surface area contributed by atoms with Crippen LogP contribution >= 0.6 is 11.3 Å². The molecule has 0 bridgehead atoms. The number of hydrogen-bond acceptors (Lipinski definition) is 6. The Labute approximate surface area is 168 Å². The lowest BCUT2D eigenvalue weighted by Crippen LogP contribution is -2.21. The standard InChI is InChI=1S/C20H16N4O4S/c1-24-16-6-4-3-5-12(16)13(8-17(24)25)18(26)23-20-22-15(10-29-20)11-7-14(21-9-11)19(27)28-2/h3-10,21H,1-2H3,(H,22,23,26). The maximum Gasteiger partial charge on any atom is 0.354 e. The first-order valence-electron chi connectivity index (χ1n) is 8.60. The molecule has 0 aliphatic rings. The molecule has 4 rings (SSSR count). The number of anilines is 1. The van der Waals surface area contributed by atoms with Crippen LogP contribution in [0.2, 0.25) is 0 Å². The molecule has 0 spiro atoms. The van der Waals surface area contributed by atoms with Gasteiger partial charge in [0.1, 0.15) is 5.69 Å². The van der Waals surface area contributed by atoms with Gasteiger partial charge in [-0.2, -0.15) is 0 Å². The molecule has 3 heterocycles. The summed E-state index contributed by atoms with van der Waals surface area (Å²) in [7, 11) is 2.97. The van der Waals surface area contributed by atoms with Crippen molar-refractivity contribution in [2.24, 2.45) is 7.05 Å². The molecule has 0 atom stereocenters. The smallest absolute Gasteiger partial charge is 0.354 e. The second kappa shape index (κ2) is 7.36. The van der Waals surface area contributed by atoms with Gasteiger partial charge in [-0.3, -0.25) is 14.9 Å². The number of nitrogens with one attached hydrogen (secondary N) is 2. The summed E-state index contributed by atoms with van der Waals surface area (Å²) in [6, 6.07) is 10.2. The number of fused-ring (bicyclic) bond motifs is 1. The van der Waals surface area contributed by atoms with E-state index in [1.54, 1.807) is 36.8 Å². The van der Waals surface area contributed by atoms with Crippen LogP contribution in [0.5, 0.6) is 0 Å². The Kier molecular flexibility index (Phi) is 4.73. The number of hydrogen-bond donors (Lipinski definition) is 2. The average molecular weight is 408 g/mol. The highest BCUT2D eigenvalue weighted by atomic mass is 32.1. The van der Waals surface area contributed by atoms with Gasteiger partial charge < -0.3 is 14.3 Å². The topological polar surface area (TPSA) is 106 Å². The van der Waals surface area contributed by atoms with E-state index < -0.39 is 11.9 Å². The van der Waals surface area contributed by atoms with E-state index in [-0.39, 0.29) is 11.1 Å². The quantitative estimate of drug-likeness (QED) is 0.505. The van der Waals surface area contributed by atoms with Gasteiger partial charge in [0, 0.05) is 35.6 Å². The van der Waals surface area contributed by atoms with Gasteiger partial charge in [-0.25, -0.2) is 9.78 Å². The first-order chi connectivity index (χ1) is 14.0. The molecule has 3 aromatic heterocycles. The maximum atomic E-state index is 12.8. The van der Waals surface area contributed by atoms with Gasteiger partial charge in [-0.1, -0.05) is 18.2 Å². The van der Waals surface area contributed by atoms with Crippen LogP contribution < -0.4 is 10.9 Å². The van der Waals surface area contributed by atoms with Gasteiger partial charge in [0.2, 0.25) is 0 Å². The van der Waals surface area contributed by atoms with E-state index in [1.165, 1.54) is 29.1 Å². The summed E-state index contributed by atoms with van der Waals surface area (Å²) in [6.45, 7) is 0. The number of nitrogens with zero attached hydrogens (tertiary/aromatic N) is 2. The Balaban J connectivity index is 1.61. The van der Waals surface area contributed by atoms with E-state index >= 15 is 0 Å². The third-order valence-electron chi connectivity index (χ3n) is 4.51. The minimum absolute atomic E-state index is 0.267. The Bertz CT molecular complexity index is 1300. The molecule has 1 amide bonds. The zero-order chi connectivity index (χ0) is 20.5. The number of amides is 1. The molecule has 1 aromatic carbocycles.